The van der Waals surface area contributed by atoms with Crippen molar-refractivity contribution in [3.63, 3.8) is 0 Å². The quantitative estimate of drug-likeness (QED) is 0.786. The van der Waals surface area contributed by atoms with Crippen LogP contribution in [0.4, 0.5) is 4.39 Å². The monoisotopic (exact) mass is 225 g/mol. The van der Waals surface area contributed by atoms with Gasteiger partial charge in [0.2, 0.25) is 0 Å². The lowest BCUT2D eigenvalue weighted by Gasteiger charge is -2.35. The third-order valence-corrected chi connectivity index (χ3v) is 3.25. The number of rotatable bonds is 3. The Labute approximate surface area is 96.3 Å². The molecule has 0 bridgehead atoms. The largest absolute Gasteiger partial charge is 0.334 e. The minimum absolute atomic E-state index is 0.544. The second-order valence-electron chi connectivity index (χ2n) is 4.90. The van der Waals surface area contributed by atoms with Crippen molar-refractivity contribution in [3.05, 3.63) is 18.2 Å². The lowest BCUT2D eigenvalue weighted by atomic mass is 9.97. The van der Waals surface area contributed by atoms with E-state index in [2.05, 4.69) is 21.4 Å². The summed E-state index contributed by atoms with van der Waals surface area (Å²) in [6.07, 6.45) is 5.37. The SMILES string of the molecule is CCn1cncc1CN1CCCC(C)(F)C1. The van der Waals surface area contributed by atoms with Gasteiger partial charge in [-0.25, -0.2) is 9.37 Å². The molecule has 0 aliphatic carbocycles. The topological polar surface area (TPSA) is 21.1 Å². The van der Waals surface area contributed by atoms with Crippen molar-refractivity contribution < 1.29 is 4.39 Å². The van der Waals surface area contributed by atoms with E-state index in [0.29, 0.717) is 13.0 Å². The summed E-state index contributed by atoms with van der Waals surface area (Å²) in [7, 11) is 0. The van der Waals surface area contributed by atoms with Gasteiger partial charge in [-0.1, -0.05) is 0 Å². The number of hydrogen-bond donors (Lipinski definition) is 0. The van der Waals surface area contributed by atoms with Gasteiger partial charge in [0, 0.05) is 25.8 Å². The molecule has 0 N–H and O–H groups in total. The summed E-state index contributed by atoms with van der Waals surface area (Å²) in [6, 6.07) is 0. The molecule has 1 aromatic rings. The summed E-state index contributed by atoms with van der Waals surface area (Å²) in [4.78, 5) is 6.32. The molecule has 3 nitrogen and oxygen atoms in total. The van der Waals surface area contributed by atoms with Crippen LogP contribution in [0.15, 0.2) is 12.5 Å². The van der Waals surface area contributed by atoms with E-state index >= 15 is 0 Å². The molecule has 0 saturated carbocycles. The van der Waals surface area contributed by atoms with Crippen LogP contribution in [-0.4, -0.2) is 33.2 Å². The number of alkyl halides is 1. The lowest BCUT2D eigenvalue weighted by Crippen LogP contribution is -2.43. The standard InChI is InChI=1S/C12H20FN3/c1-3-16-10-14-7-11(16)8-15-6-4-5-12(2,13)9-15/h7,10H,3-6,8-9H2,1-2H3. The Balaban J connectivity index is 1.99. The highest BCUT2D eigenvalue weighted by Crippen LogP contribution is 2.25. The number of halogens is 1. The maximum Gasteiger partial charge on any atom is 0.120 e. The average Bonchev–Trinajstić information content (AvgIpc) is 2.63. The molecule has 1 saturated heterocycles. The van der Waals surface area contributed by atoms with E-state index in [-0.39, 0.29) is 0 Å². The number of aryl methyl sites for hydroxylation is 1. The maximum absolute atomic E-state index is 13.9. The van der Waals surface area contributed by atoms with Crippen molar-refractivity contribution in [1.82, 2.24) is 14.5 Å². The molecule has 1 aliphatic heterocycles. The number of nitrogens with zero attached hydrogens (tertiary/aromatic N) is 3. The molecule has 2 heterocycles. The fourth-order valence-electron chi connectivity index (χ4n) is 2.42. The van der Waals surface area contributed by atoms with Gasteiger partial charge >= 0.3 is 0 Å². The average molecular weight is 225 g/mol. The molecule has 90 valence electrons. The first-order valence-electron chi connectivity index (χ1n) is 6.01. The third kappa shape index (κ3) is 2.61. The molecule has 0 amide bonds. The zero-order valence-electron chi connectivity index (χ0n) is 10.1. The molecular formula is C12H20FN3. The van der Waals surface area contributed by atoms with Crippen LogP contribution < -0.4 is 0 Å². The molecule has 0 spiro atoms. The van der Waals surface area contributed by atoms with Crippen LogP contribution in [0.25, 0.3) is 0 Å². The number of likely N-dealkylation sites (tertiary alicyclic amines) is 1. The van der Waals surface area contributed by atoms with Crippen molar-refractivity contribution in [3.8, 4) is 0 Å². The number of imidazole rings is 1. The molecule has 1 unspecified atom stereocenters. The zero-order valence-corrected chi connectivity index (χ0v) is 10.1. The van der Waals surface area contributed by atoms with E-state index in [4.69, 9.17) is 0 Å². The predicted octanol–water partition coefficient (Wildman–Crippen LogP) is 2.23. The Bertz CT molecular complexity index is 346. The van der Waals surface area contributed by atoms with Crippen LogP contribution in [0.2, 0.25) is 0 Å². The molecule has 1 aliphatic rings. The molecule has 0 radical (unpaired) electrons. The van der Waals surface area contributed by atoms with Crippen molar-refractivity contribution >= 4 is 0 Å². The van der Waals surface area contributed by atoms with Gasteiger partial charge in [0.1, 0.15) is 5.67 Å². The fourth-order valence-corrected chi connectivity index (χ4v) is 2.42. The molecule has 2 rings (SSSR count). The van der Waals surface area contributed by atoms with Gasteiger partial charge in [0.25, 0.3) is 0 Å². The molecule has 1 atom stereocenters. The summed E-state index contributed by atoms with van der Waals surface area (Å²) in [5, 5.41) is 0. The highest BCUT2D eigenvalue weighted by molar-refractivity contribution is 4.99. The van der Waals surface area contributed by atoms with Crippen LogP contribution in [0.1, 0.15) is 32.4 Å². The Hall–Kier alpha value is -0.900. The molecule has 4 heteroatoms. The number of piperidine rings is 1. The smallest absolute Gasteiger partial charge is 0.120 e. The van der Waals surface area contributed by atoms with E-state index in [9.17, 15) is 4.39 Å². The second-order valence-corrected chi connectivity index (χ2v) is 4.90. The van der Waals surface area contributed by atoms with Crippen LogP contribution in [0.3, 0.4) is 0 Å². The van der Waals surface area contributed by atoms with Gasteiger partial charge in [-0.15, -0.1) is 0 Å². The zero-order chi connectivity index (χ0) is 11.6. The summed E-state index contributed by atoms with van der Waals surface area (Å²) < 4.78 is 16.0. The molecule has 16 heavy (non-hydrogen) atoms. The molecular weight excluding hydrogens is 205 g/mol. The van der Waals surface area contributed by atoms with E-state index in [1.807, 2.05) is 12.5 Å². The maximum atomic E-state index is 13.9. The predicted molar refractivity (Wildman–Crippen MR) is 61.9 cm³/mol. The van der Waals surface area contributed by atoms with Gasteiger partial charge in [-0.05, 0) is 33.2 Å². The van der Waals surface area contributed by atoms with Crippen molar-refractivity contribution in [2.75, 3.05) is 13.1 Å². The molecule has 1 aromatic heterocycles. The van der Waals surface area contributed by atoms with Crippen LogP contribution in [0.5, 0.6) is 0 Å². The lowest BCUT2D eigenvalue weighted by molar-refractivity contribution is 0.0551. The molecule has 0 aromatic carbocycles. The normalized spacial score (nSPS) is 27.2. The fraction of sp³-hybridized carbons (Fsp3) is 0.750. The summed E-state index contributed by atoms with van der Waals surface area (Å²) >= 11 is 0. The first-order valence-corrected chi connectivity index (χ1v) is 6.01. The van der Waals surface area contributed by atoms with Crippen molar-refractivity contribution in [2.45, 2.75) is 45.4 Å². The number of aromatic nitrogens is 2. The van der Waals surface area contributed by atoms with Gasteiger partial charge in [-0.2, -0.15) is 0 Å². The van der Waals surface area contributed by atoms with Crippen LogP contribution in [-0.2, 0) is 13.1 Å². The Morgan fingerprint density at radius 2 is 2.38 bits per heavy atom. The van der Waals surface area contributed by atoms with E-state index in [0.717, 1.165) is 26.1 Å². The van der Waals surface area contributed by atoms with E-state index < -0.39 is 5.67 Å². The van der Waals surface area contributed by atoms with Gasteiger partial charge in [-0.3, -0.25) is 4.90 Å². The first kappa shape index (κ1) is 11.6. The van der Waals surface area contributed by atoms with E-state index in [1.54, 1.807) is 6.92 Å². The first-order chi connectivity index (χ1) is 7.61. The van der Waals surface area contributed by atoms with Crippen LogP contribution in [0, 0.1) is 0 Å². The third-order valence-electron chi connectivity index (χ3n) is 3.25. The minimum Gasteiger partial charge on any atom is -0.334 e. The summed E-state index contributed by atoms with van der Waals surface area (Å²) in [6.45, 7) is 7.08. The highest BCUT2D eigenvalue weighted by atomic mass is 19.1. The van der Waals surface area contributed by atoms with Gasteiger partial charge < -0.3 is 4.57 Å². The molecule has 1 fully saturated rings. The summed E-state index contributed by atoms with van der Waals surface area (Å²) in [5.74, 6) is 0. The Morgan fingerprint density at radius 1 is 1.56 bits per heavy atom. The Kier molecular flexibility index (Phi) is 3.28. The summed E-state index contributed by atoms with van der Waals surface area (Å²) in [5.41, 5.74) is 0.162. The second kappa shape index (κ2) is 4.53. The van der Waals surface area contributed by atoms with E-state index in [1.165, 1.54) is 5.69 Å². The van der Waals surface area contributed by atoms with Gasteiger partial charge in [0.05, 0.1) is 12.0 Å². The highest BCUT2D eigenvalue weighted by Gasteiger charge is 2.30. The number of hydrogen-bond acceptors (Lipinski definition) is 2. The Morgan fingerprint density at radius 3 is 3.06 bits per heavy atom. The van der Waals surface area contributed by atoms with Crippen molar-refractivity contribution in [2.24, 2.45) is 0 Å². The van der Waals surface area contributed by atoms with Gasteiger partial charge in [0.15, 0.2) is 0 Å². The minimum atomic E-state index is -1.02. The van der Waals surface area contributed by atoms with Crippen LogP contribution >= 0.6 is 0 Å². The van der Waals surface area contributed by atoms with Crippen molar-refractivity contribution in [1.29, 1.82) is 0 Å².